The van der Waals surface area contributed by atoms with Crippen LogP contribution in [0, 0.1) is 5.92 Å². The number of hydrogen-bond donors (Lipinski definition) is 2. The van der Waals surface area contributed by atoms with Crippen LogP contribution in [-0.4, -0.2) is 36.6 Å². The summed E-state index contributed by atoms with van der Waals surface area (Å²) < 4.78 is 3.83. The normalized spacial score (nSPS) is 23.5. The predicted molar refractivity (Wildman–Crippen MR) is 94.0 cm³/mol. The molecule has 3 atom stereocenters. The fourth-order valence-corrected chi connectivity index (χ4v) is 3.56. The molecule has 0 saturated heterocycles. The molecule has 0 spiro atoms. The lowest BCUT2D eigenvalue weighted by atomic mass is 10.1. The smallest absolute Gasteiger partial charge is 0.0706 e. The van der Waals surface area contributed by atoms with Gasteiger partial charge >= 0.3 is 0 Å². The number of pyridine rings is 1. The minimum Gasteiger partial charge on any atom is -0.391 e. The lowest BCUT2D eigenvalue weighted by Gasteiger charge is -2.17. The molecule has 6 nitrogen and oxygen atoms in total. The van der Waals surface area contributed by atoms with Gasteiger partial charge in [0.15, 0.2) is 0 Å². The van der Waals surface area contributed by atoms with Crippen LogP contribution in [0.15, 0.2) is 49.1 Å². The van der Waals surface area contributed by atoms with Crippen molar-refractivity contribution >= 4 is 17.9 Å². The van der Waals surface area contributed by atoms with Gasteiger partial charge in [-0.05, 0) is 42.5 Å². The Labute approximate surface area is 146 Å². The van der Waals surface area contributed by atoms with Gasteiger partial charge in [0.25, 0.3) is 0 Å². The van der Waals surface area contributed by atoms with E-state index in [0.717, 1.165) is 31.4 Å². The van der Waals surface area contributed by atoms with Crippen LogP contribution in [0.1, 0.15) is 18.4 Å². The van der Waals surface area contributed by atoms with Crippen LogP contribution in [-0.2, 0) is 13.1 Å². The van der Waals surface area contributed by atoms with Gasteiger partial charge in [0.1, 0.15) is 0 Å². The van der Waals surface area contributed by atoms with E-state index >= 15 is 0 Å². The Morgan fingerprint density at radius 2 is 2.04 bits per heavy atom. The maximum Gasteiger partial charge on any atom is 0.0706 e. The summed E-state index contributed by atoms with van der Waals surface area (Å²) in [7, 11) is 0. The van der Waals surface area contributed by atoms with Crippen molar-refractivity contribution in [3.05, 3.63) is 54.6 Å². The first-order chi connectivity index (χ1) is 11.3. The Kier molecular flexibility index (Phi) is 5.18. The predicted octanol–water partition coefficient (Wildman–Crippen LogP) is 1.88. The number of halogens is 1. The summed E-state index contributed by atoms with van der Waals surface area (Å²) in [5.74, 6) is 0.466. The first kappa shape index (κ1) is 17.0. The van der Waals surface area contributed by atoms with Crippen LogP contribution < -0.4 is 5.32 Å². The highest BCUT2D eigenvalue weighted by Crippen LogP contribution is 2.27. The minimum absolute atomic E-state index is 0. The Bertz CT molecular complexity index is 772. The number of aliphatic hydroxyl groups excluding tert-OH is 1. The Morgan fingerprint density at radius 1 is 1.12 bits per heavy atom. The lowest BCUT2D eigenvalue weighted by Crippen LogP contribution is -2.35. The van der Waals surface area contributed by atoms with Crippen LogP contribution in [0.25, 0.3) is 5.52 Å². The standard InChI is InChI=1S/C17H21N5O.ClH/c23-17-10-13(12-21-7-2-5-19-21)9-15(17)18-11-14-3-1-8-22-16(14)4-6-20-22;/h1-8,13,15,17-18,23H,9-12H2;1H/t13?,15-,17-;/m1./s1. The number of fused-ring (bicyclic) bond motifs is 1. The molecule has 1 saturated carbocycles. The third-order valence-electron chi connectivity index (χ3n) is 4.71. The van der Waals surface area contributed by atoms with E-state index < -0.39 is 0 Å². The molecule has 1 aliphatic carbocycles. The summed E-state index contributed by atoms with van der Waals surface area (Å²) in [4.78, 5) is 0. The molecule has 0 aromatic carbocycles. The molecule has 0 aliphatic heterocycles. The molecule has 1 unspecified atom stereocenters. The third kappa shape index (κ3) is 3.45. The molecule has 1 fully saturated rings. The highest BCUT2D eigenvalue weighted by molar-refractivity contribution is 5.85. The molecule has 0 radical (unpaired) electrons. The van der Waals surface area contributed by atoms with E-state index in [2.05, 4.69) is 21.6 Å². The number of aliphatic hydroxyl groups is 1. The molecule has 24 heavy (non-hydrogen) atoms. The first-order valence-electron chi connectivity index (χ1n) is 8.10. The molecule has 1 aliphatic rings. The van der Waals surface area contributed by atoms with E-state index in [9.17, 15) is 5.11 Å². The highest BCUT2D eigenvalue weighted by Gasteiger charge is 2.32. The van der Waals surface area contributed by atoms with Crippen LogP contribution in [0.3, 0.4) is 0 Å². The number of aromatic nitrogens is 4. The van der Waals surface area contributed by atoms with Gasteiger partial charge in [0.2, 0.25) is 0 Å². The van der Waals surface area contributed by atoms with Gasteiger partial charge in [-0.2, -0.15) is 10.2 Å². The first-order valence-corrected chi connectivity index (χ1v) is 8.10. The second-order valence-corrected chi connectivity index (χ2v) is 6.31. The summed E-state index contributed by atoms with van der Waals surface area (Å²) in [5, 5.41) is 22.4. The molecule has 2 N–H and O–H groups in total. The molecule has 3 heterocycles. The number of nitrogens with zero attached hydrogens (tertiary/aromatic N) is 4. The van der Waals surface area contributed by atoms with E-state index in [1.807, 2.05) is 46.0 Å². The third-order valence-corrected chi connectivity index (χ3v) is 4.71. The largest absolute Gasteiger partial charge is 0.391 e. The molecule has 3 aromatic heterocycles. The molecule has 0 amide bonds. The zero-order valence-electron chi connectivity index (χ0n) is 13.3. The number of nitrogens with one attached hydrogen (secondary N) is 1. The second kappa shape index (κ2) is 7.34. The van der Waals surface area contributed by atoms with Crippen LogP contribution >= 0.6 is 12.4 Å². The molecular formula is C17H22ClN5O. The molecule has 0 bridgehead atoms. The summed E-state index contributed by atoms with van der Waals surface area (Å²) in [6, 6.07) is 8.20. The van der Waals surface area contributed by atoms with E-state index in [4.69, 9.17) is 0 Å². The van der Waals surface area contributed by atoms with Crippen molar-refractivity contribution in [2.24, 2.45) is 5.92 Å². The molecule has 128 valence electrons. The van der Waals surface area contributed by atoms with Crippen molar-refractivity contribution in [2.75, 3.05) is 0 Å². The maximum atomic E-state index is 10.3. The average Bonchev–Trinajstić information content (AvgIpc) is 3.27. The Morgan fingerprint density at radius 3 is 2.88 bits per heavy atom. The topological polar surface area (TPSA) is 67.4 Å². The average molecular weight is 348 g/mol. The fourth-order valence-electron chi connectivity index (χ4n) is 3.56. The minimum atomic E-state index is -0.291. The zero-order valence-corrected chi connectivity index (χ0v) is 14.1. The molecular weight excluding hydrogens is 326 g/mol. The molecule has 7 heteroatoms. The monoisotopic (exact) mass is 347 g/mol. The molecule has 3 aromatic rings. The fraction of sp³-hybridized carbons (Fsp3) is 0.412. The van der Waals surface area contributed by atoms with Gasteiger partial charge in [-0.15, -0.1) is 12.4 Å². The van der Waals surface area contributed by atoms with E-state index in [0.29, 0.717) is 5.92 Å². The van der Waals surface area contributed by atoms with Crippen molar-refractivity contribution in [2.45, 2.75) is 38.1 Å². The van der Waals surface area contributed by atoms with Crippen molar-refractivity contribution < 1.29 is 5.11 Å². The van der Waals surface area contributed by atoms with Gasteiger partial charge < -0.3 is 10.4 Å². The summed E-state index contributed by atoms with van der Waals surface area (Å²) >= 11 is 0. The number of hydrogen-bond acceptors (Lipinski definition) is 4. The Balaban J connectivity index is 0.00000169. The zero-order chi connectivity index (χ0) is 15.6. The van der Waals surface area contributed by atoms with E-state index in [1.54, 1.807) is 6.20 Å². The number of rotatable bonds is 5. The second-order valence-electron chi connectivity index (χ2n) is 6.31. The van der Waals surface area contributed by atoms with Gasteiger partial charge in [0, 0.05) is 43.9 Å². The Hall–Kier alpha value is -1.89. The van der Waals surface area contributed by atoms with Gasteiger partial charge in [0.05, 0.1) is 11.6 Å². The summed E-state index contributed by atoms with van der Waals surface area (Å²) in [6.07, 6.45) is 9.05. The summed E-state index contributed by atoms with van der Waals surface area (Å²) in [6.45, 7) is 1.62. The lowest BCUT2D eigenvalue weighted by molar-refractivity contribution is 0.145. The quantitative estimate of drug-likeness (QED) is 0.739. The van der Waals surface area contributed by atoms with Crippen molar-refractivity contribution in [3.63, 3.8) is 0 Å². The highest BCUT2D eigenvalue weighted by atomic mass is 35.5. The molecule has 4 rings (SSSR count). The SMILES string of the molecule is Cl.O[C@@H]1CC(Cn2cccn2)C[C@H]1NCc1cccn2nccc12. The van der Waals surface area contributed by atoms with Crippen LogP contribution in [0.4, 0.5) is 0 Å². The van der Waals surface area contributed by atoms with Gasteiger partial charge in [-0.1, -0.05) is 6.07 Å². The van der Waals surface area contributed by atoms with E-state index in [1.165, 1.54) is 5.56 Å². The van der Waals surface area contributed by atoms with Crippen LogP contribution in [0.2, 0.25) is 0 Å². The summed E-state index contributed by atoms with van der Waals surface area (Å²) in [5.41, 5.74) is 2.31. The maximum absolute atomic E-state index is 10.3. The van der Waals surface area contributed by atoms with Crippen molar-refractivity contribution in [1.29, 1.82) is 0 Å². The van der Waals surface area contributed by atoms with Crippen LogP contribution in [0.5, 0.6) is 0 Å². The van der Waals surface area contributed by atoms with Gasteiger partial charge in [-0.25, -0.2) is 4.52 Å². The van der Waals surface area contributed by atoms with Crippen molar-refractivity contribution in [1.82, 2.24) is 24.7 Å². The van der Waals surface area contributed by atoms with Crippen molar-refractivity contribution in [3.8, 4) is 0 Å². The van der Waals surface area contributed by atoms with Gasteiger partial charge in [-0.3, -0.25) is 4.68 Å². The van der Waals surface area contributed by atoms with E-state index in [-0.39, 0.29) is 24.6 Å².